The Bertz CT molecular complexity index is 1470. The molecule has 1 aliphatic heterocycles. The summed E-state index contributed by atoms with van der Waals surface area (Å²) in [6, 6.07) is 15.4. The summed E-state index contributed by atoms with van der Waals surface area (Å²) >= 11 is 0. The van der Waals surface area contributed by atoms with Crippen molar-refractivity contribution < 1.29 is 24.0 Å². The van der Waals surface area contributed by atoms with Crippen LogP contribution in [0.1, 0.15) is 53.0 Å². The number of esters is 2. The summed E-state index contributed by atoms with van der Waals surface area (Å²) in [5.41, 5.74) is 3.46. The smallest absolute Gasteiger partial charge is 0.337 e. The summed E-state index contributed by atoms with van der Waals surface area (Å²) in [7, 11) is 0. The lowest BCUT2D eigenvalue weighted by Crippen LogP contribution is -2.33. The first kappa shape index (κ1) is 28.3. The Morgan fingerprint density at radius 1 is 0.925 bits per heavy atom. The Hall–Kier alpha value is -4.73. The number of para-hydroxylation sites is 1. The van der Waals surface area contributed by atoms with Gasteiger partial charge < -0.3 is 14.8 Å². The molecule has 0 spiro atoms. The zero-order chi connectivity index (χ0) is 29.1. The summed E-state index contributed by atoms with van der Waals surface area (Å²) in [5, 5.41) is 19.6. The van der Waals surface area contributed by atoms with E-state index in [1.165, 1.54) is 12.1 Å². The van der Waals surface area contributed by atoms with E-state index in [4.69, 9.17) is 14.6 Å². The zero-order valence-electron chi connectivity index (χ0n) is 23.3. The maximum absolute atomic E-state index is 13.6. The first-order chi connectivity index (χ1) is 19.0. The van der Waals surface area contributed by atoms with Crippen LogP contribution in [0.25, 0.3) is 16.9 Å². The van der Waals surface area contributed by atoms with E-state index in [1.807, 2.05) is 30.3 Å². The van der Waals surface area contributed by atoms with Crippen molar-refractivity contribution in [2.45, 2.75) is 59.7 Å². The first-order valence-electron chi connectivity index (χ1n) is 13.0. The van der Waals surface area contributed by atoms with Gasteiger partial charge in [0.2, 0.25) is 0 Å². The van der Waals surface area contributed by atoms with E-state index >= 15 is 0 Å². The topological polar surface area (TPSA) is 126 Å². The second kappa shape index (κ2) is 11.6. The Balaban J connectivity index is 2.03. The summed E-state index contributed by atoms with van der Waals surface area (Å²) in [5.74, 6) is -2.11. The monoisotopic (exact) mass is 544 g/mol. The number of hydrogen-bond donors (Lipinski definition) is 1. The number of carbonyl (C=O) groups is 2. The van der Waals surface area contributed by atoms with Gasteiger partial charge in [0.15, 0.2) is 0 Å². The van der Waals surface area contributed by atoms with Gasteiger partial charge in [-0.1, -0.05) is 30.3 Å². The molecule has 2 aromatic carbocycles. The molecule has 208 valence electrons. The Labute approximate surface area is 232 Å². The molecular weight excluding hydrogens is 512 g/mol. The van der Waals surface area contributed by atoms with Gasteiger partial charge in [-0.05, 0) is 53.7 Å². The van der Waals surface area contributed by atoms with Crippen LogP contribution in [0.15, 0.2) is 83.3 Å². The molecular formula is C30H32N4O6. The molecule has 1 aromatic heterocycles. The molecule has 4 rings (SSSR count). The summed E-state index contributed by atoms with van der Waals surface area (Å²) in [6.45, 7) is 10.5. The quantitative estimate of drug-likeness (QED) is 0.221. The molecule has 10 heteroatoms. The molecule has 0 amide bonds. The molecule has 0 bridgehead atoms. The minimum absolute atomic E-state index is 0.111. The molecule has 3 aromatic rings. The number of rotatable bonds is 8. The number of non-ortho nitro benzene ring substituents is 1. The van der Waals surface area contributed by atoms with Crippen molar-refractivity contribution in [2.75, 3.05) is 0 Å². The van der Waals surface area contributed by atoms with Crippen molar-refractivity contribution in [1.29, 1.82) is 0 Å². The van der Waals surface area contributed by atoms with E-state index < -0.39 is 35.0 Å². The third kappa shape index (κ3) is 5.80. The van der Waals surface area contributed by atoms with Crippen molar-refractivity contribution in [3.8, 4) is 16.9 Å². The largest absolute Gasteiger partial charge is 0.460 e. The molecule has 40 heavy (non-hydrogen) atoms. The Morgan fingerprint density at radius 3 is 2.02 bits per heavy atom. The molecule has 0 unspecified atom stereocenters. The highest BCUT2D eigenvalue weighted by atomic mass is 16.6. The van der Waals surface area contributed by atoms with Gasteiger partial charge in [-0.15, -0.1) is 0 Å². The van der Waals surface area contributed by atoms with Gasteiger partial charge in [0.1, 0.15) is 0 Å². The van der Waals surface area contributed by atoms with Crippen LogP contribution >= 0.6 is 0 Å². The fraction of sp³-hybridized carbons (Fsp3) is 0.300. The van der Waals surface area contributed by atoms with Crippen molar-refractivity contribution in [1.82, 2.24) is 15.1 Å². The van der Waals surface area contributed by atoms with Gasteiger partial charge in [0, 0.05) is 40.9 Å². The standard InChI is InChI=1S/C30H32N4O6/c1-17(2)39-29(35)25-19(5)31-20(6)26(30(36)40-18(3)4)27(25)24-16-33(22-12-8-7-9-13-22)32-28(24)21-11-10-14-23(15-21)34(37)38/h7-18,27,31H,1-6H3. The molecule has 1 aliphatic rings. The van der Waals surface area contributed by atoms with Crippen molar-refractivity contribution in [3.05, 3.63) is 99.0 Å². The number of nitro benzene ring substituents is 1. The van der Waals surface area contributed by atoms with E-state index in [9.17, 15) is 19.7 Å². The van der Waals surface area contributed by atoms with Crippen LogP contribution in [-0.4, -0.2) is 38.9 Å². The molecule has 2 heterocycles. The highest BCUT2D eigenvalue weighted by Gasteiger charge is 2.41. The van der Waals surface area contributed by atoms with Gasteiger partial charge >= 0.3 is 11.9 Å². The molecule has 0 fully saturated rings. The average Bonchev–Trinajstić information content (AvgIpc) is 3.33. The van der Waals surface area contributed by atoms with Gasteiger partial charge in [-0.25, -0.2) is 14.3 Å². The number of nitrogens with zero attached hydrogens (tertiary/aromatic N) is 3. The van der Waals surface area contributed by atoms with E-state index in [-0.39, 0.29) is 16.8 Å². The minimum Gasteiger partial charge on any atom is -0.460 e. The number of nitro groups is 1. The third-order valence-corrected chi connectivity index (χ3v) is 6.29. The Morgan fingerprint density at radius 2 is 1.50 bits per heavy atom. The van der Waals surface area contributed by atoms with Crippen molar-refractivity contribution >= 4 is 17.6 Å². The second-order valence-electron chi connectivity index (χ2n) is 10.1. The van der Waals surface area contributed by atoms with Crippen LogP contribution in [0.3, 0.4) is 0 Å². The molecule has 0 saturated heterocycles. The number of nitrogens with one attached hydrogen (secondary N) is 1. The third-order valence-electron chi connectivity index (χ3n) is 6.29. The summed E-state index contributed by atoms with van der Waals surface area (Å²) in [6.07, 6.45) is 0.926. The lowest BCUT2D eigenvalue weighted by atomic mass is 9.79. The first-order valence-corrected chi connectivity index (χ1v) is 13.0. The zero-order valence-corrected chi connectivity index (χ0v) is 23.3. The maximum atomic E-state index is 13.6. The fourth-order valence-corrected chi connectivity index (χ4v) is 4.70. The van der Waals surface area contributed by atoms with Crippen LogP contribution in [0, 0.1) is 10.1 Å². The summed E-state index contributed by atoms with van der Waals surface area (Å²) in [4.78, 5) is 38.2. The molecule has 0 saturated carbocycles. The summed E-state index contributed by atoms with van der Waals surface area (Å²) < 4.78 is 12.9. The highest BCUT2D eigenvalue weighted by Crippen LogP contribution is 2.43. The van der Waals surface area contributed by atoms with Crippen molar-refractivity contribution in [3.63, 3.8) is 0 Å². The predicted molar refractivity (Wildman–Crippen MR) is 149 cm³/mol. The second-order valence-corrected chi connectivity index (χ2v) is 10.1. The van der Waals surface area contributed by atoms with E-state index in [0.29, 0.717) is 28.2 Å². The predicted octanol–water partition coefficient (Wildman–Crippen LogP) is 5.59. The highest BCUT2D eigenvalue weighted by molar-refractivity contribution is 6.00. The van der Waals surface area contributed by atoms with Gasteiger partial charge in [-0.2, -0.15) is 5.10 Å². The van der Waals surface area contributed by atoms with E-state index in [0.717, 1.165) is 5.69 Å². The van der Waals surface area contributed by atoms with Crippen LogP contribution < -0.4 is 5.32 Å². The van der Waals surface area contributed by atoms with E-state index in [1.54, 1.807) is 64.6 Å². The SMILES string of the molecule is CC1=C(C(=O)OC(C)C)C(c2cn(-c3ccccc3)nc2-c2cccc([N+](=O)[O-])c2)C(C(=O)OC(C)C)=C(C)N1. The lowest BCUT2D eigenvalue weighted by molar-refractivity contribution is -0.384. The number of benzene rings is 2. The number of allylic oxidation sites excluding steroid dienone is 2. The van der Waals surface area contributed by atoms with Gasteiger partial charge in [0.25, 0.3) is 5.69 Å². The fourth-order valence-electron chi connectivity index (χ4n) is 4.70. The molecule has 10 nitrogen and oxygen atoms in total. The number of ether oxygens (including phenoxy) is 2. The molecule has 0 radical (unpaired) electrons. The number of aromatic nitrogens is 2. The van der Waals surface area contributed by atoms with Crippen LogP contribution in [0.4, 0.5) is 5.69 Å². The number of dihydropyridines is 1. The van der Waals surface area contributed by atoms with Crippen LogP contribution in [0.5, 0.6) is 0 Å². The average molecular weight is 545 g/mol. The maximum Gasteiger partial charge on any atom is 0.337 e. The lowest BCUT2D eigenvalue weighted by Gasteiger charge is -2.31. The Kier molecular flexibility index (Phi) is 8.18. The van der Waals surface area contributed by atoms with E-state index in [2.05, 4.69) is 5.32 Å². The van der Waals surface area contributed by atoms with Gasteiger partial charge in [-0.3, -0.25) is 10.1 Å². The minimum atomic E-state index is -0.925. The van der Waals surface area contributed by atoms with Crippen LogP contribution in [0.2, 0.25) is 0 Å². The van der Waals surface area contributed by atoms with Gasteiger partial charge in [0.05, 0.1) is 45.6 Å². The van der Waals surface area contributed by atoms with Crippen LogP contribution in [-0.2, 0) is 19.1 Å². The normalized spacial score (nSPS) is 14.0. The number of hydrogen-bond acceptors (Lipinski definition) is 8. The number of carbonyl (C=O) groups excluding carboxylic acids is 2. The molecule has 0 aliphatic carbocycles. The van der Waals surface area contributed by atoms with Crippen molar-refractivity contribution in [2.24, 2.45) is 0 Å². The molecule has 1 N–H and O–H groups in total. The molecule has 0 atom stereocenters.